The lowest BCUT2D eigenvalue weighted by Gasteiger charge is -2.21. The molecule has 0 saturated heterocycles. The van der Waals surface area contributed by atoms with E-state index in [2.05, 4.69) is 31.2 Å². The van der Waals surface area contributed by atoms with Crippen LogP contribution in [-0.2, 0) is 17.8 Å². The van der Waals surface area contributed by atoms with E-state index in [0.29, 0.717) is 6.54 Å². The molecule has 1 aliphatic rings. The van der Waals surface area contributed by atoms with Crippen molar-refractivity contribution in [3.05, 3.63) is 35.4 Å². The first-order valence-corrected chi connectivity index (χ1v) is 7.18. The maximum Gasteiger partial charge on any atom is 0.225 e. The Morgan fingerprint density at radius 3 is 2.35 bits per heavy atom. The van der Waals surface area contributed by atoms with Crippen LogP contribution < -0.4 is 5.73 Å². The predicted octanol–water partition coefficient (Wildman–Crippen LogP) is 2.76. The van der Waals surface area contributed by atoms with E-state index in [-0.39, 0.29) is 30.3 Å². The number of aryl methyl sites for hydroxylation is 1. The molecule has 2 rings (SSSR count). The van der Waals surface area contributed by atoms with Gasteiger partial charge < -0.3 is 10.6 Å². The Balaban J connectivity index is 0.00000200. The van der Waals surface area contributed by atoms with Crippen molar-refractivity contribution < 1.29 is 4.79 Å². The Kier molecular flexibility index (Phi) is 6.50. The number of amides is 1. The van der Waals surface area contributed by atoms with Gasteiger partial charge in [-0.15, -0.1) is 12.4 Å². The highest BCUT2D eigenvalue weighted by molar-refractivity contribution is 5.85. The quantitative estimate of drug-likeness (QED) is 0.928. The molecule has 1 saturated carbocycles. The van der Waals surface area contributed by atoms with Crippen molar-refractivity contribution in [2.24, 2.45) is 11.7 Å². The molecule has 0 aromatic heterocycles. The Morgan fingerprint density at radius 2 is 1.85 bits per heavy atom. The summed E-state index contributed by atoms with van der Waals surface area (Å²) < 4.78 is 0. The van der Waals surface area contributed by atoms with Crippen molar-refractivity contribution in [1.82, 2.24) is 4.90 Å². The molecule has 20 heavy (non-hydrogen) atoms. The maximum absolute atomic E-state index is 12.3. The van der Waals surface area contributed by atoms with Gasteiger partial charge >= 0.3 is 0 Å². The van der Waals surface area contributed by atoms with Gasteiger partial charge in [-0.25, -0.2) is 0 Å². The standard InChI is InChI=1S/C16H24N2O.ClH/c1-3-12-4-6-13(7-5-12)11-18(2)16(19)14-8-9-15(17)10-14;/h4-7,14-15H,3,8-11,17H2,1-2H3;1H. The van der Waals surface area contributed by atoms with Crippen LogP contribution in [0.1, 0.15) is 37.3 Å². The number of rotatable bonds is 4. The molecule has 0 radical (unpaired) electrons. The first kappa shape index (κ1) is 17.0. The molecule has 3 nitrogen and oxygen atoms in total. The lowest BCUT2D eigenvalue weighted by atomic mass is 10.1. The number of carbonyl (C=O) groups excluding carboxylic acids is 1. The van der Waals surface area contributed by atoms with Crippen LogP contribution >= 0.6 is 12.4 Å². The third kappa shape index (κ3) is 4.22. The number of nitrogens with zero attached hydrogens (tertiary/aromatic N) is 1. The highest BCUT2D eigenvalue weighted by atomic mass is 35.5. The van der Waals surface area contributed by atoms with Gasteiger partial charge in [-0.2, -0.15) is 0 Å². The van der Waals surface area contributed by atoms with E-state index < -0.39 is 0 Å². The molecule has 2 N–H and O–H groups in total. The van der Waals surface area contributed by atoms with Gasteiger partial charge in [-0.3, -0.25) is 4.79 Å². The fourth-order valence-electron chi connectivity index (χ4n) is 2.78. The van der Waals surface area contributed by atoms with Gasteiger partial charge in [0.15, 0.2) is 0 Å². The summed E-state index contributed by atoms with van der Waals surface area (Å²) in [4.78, 5) is 14.1. The van der Waals surface area contributed by atoms with Crippen LogP contribution in [0.15, 0.2) is 24.3 Å². The molecule has 1 aromatic carbocycles. The third-order valence-corrected chi connectivity index (χ3v) is 4.05. The van der Waals surface area contributed by atoms with Gasteiger partial charge in [-0.1, -0.05) is 31.2 Å². The molecular weight excluding hydrogens is 272 g/mol. The lowest BCUT2D eigenvalue weighted by molar-refractivity contribution is -0.134. The minimum absolute atomic E-state index is 0. The third-order valence-electron chi connectivity index (χ3n) is 4.05. The summed E-state index contributed by atoms with van der Waals surface area (Å²) in [6.07, 6.45) is 3.82. The summed E-state index contributed by atoms with van der Waals surface area (Å²) >= 11 is 0. The Bertz CT molecular complexity index is 433. The summed E-state index contributed by atoms with van der Waals surface area (Å²) in [6, 6.07) is 8.72. The van der Waals surface area contributed by atoms with E-state index in [1.54, 1.807) is 0 Å². The van der Waals surface area contributed by atoms with E-state index in [4.69, 9.17) is 5.73 Å². The van der Waals surface area contributed by atoms with Gasteiger partial charge in [0.25, 0.3) is 0 Å². The van der Waals surface area contributed by atoms with Gasteiger partial charge in [0, 0.05) is 25.6 Å². The first-order valence-electron chi connectivity index (χ1n) is 7.18. The number of benzene rings is 1. The lowest BCUT2D eigenvalue weighted by Crippen LogP contribution is -2.32. The monoisotopic (exact) mass is 296 g/mol. The number of halogens is 1. The van der Waals surface area contributed by atoms with Crippen LogP contribution in [0.4, 0.5) is 0 Å². The molecule has 0 bridgehead atoms. The van der Waals surface area contributed by atoms with E-state index in [9.17, 15) is 4.79 Å². The second kappa shape index (κ2) is 7.65. The fraction of sp³-hybridized carbons (Fsp3) is 0.562. The summed E-state index contributed by atoms with van der Waals surface area (Å²) in [5.74, 6) is 0.377. The van der Waals surface area contributed by atoms with Crippen LogP contribution in [0.5, 0.6) is 0 Å². The van der Waals surface area contributed by atoms with Gasteiger partial charge in [0.2, 0.25) is 5.91 Å². The van der Waals surface area contributed by atoms with Crippen molar-refractivity contribution in [2.45, 2.75) is 45.2 Å². The maximum atomic E-state index is 12.3. The van der Waals surface area contributed by atoms with Crippen molar-refractivity contribution in [2.75, 3.05) is 7.05 Å². The zero-order valence-electron chi connectivity index (χ0n) is 12.3. The number of hydrogen-bond donors (Lipinski definition) is 1. The predicted molar refractivity (Wildman–Crippen MR) is 84.9 cm³/mol. The van der Waals surface area contributed by atoms with Crippen molar-refractivity contribution in [1.29, 1.82) is 0 Å². The average molecular weight is 297 g/mol. The van der Waals surface area contributed by atoms with E-state index in [0.717, 1.165) is 25.7 Å². The van der Waals surface area contributed by atoms with Crippen LogP contribution in [0.2, 0.25) is 0 Å². The topological polar surface area (TPSA) is 46.3 Å². The van der Waals surface area contributed by atoms with Gasteiger partial charge in [0.1, 0.15) is 0 Å². The summed E-state index contributed by atoms with van der Waals surface area (Å²) in [7, 11) is 1.89. The van der Waals surface area contributed by atoms with E-state index >= 15 is 0 Å². The molecule has 0 spiro atoms. The number of carbonyl (C=O) groups is 1. The Hall–Kier alpha value is -1.06. The van der Waals surface area contributed by atoms with Gasteiger partial charge in [-0.05, 0) is 36.8 Å². The molecule has 1 aromatic rings. The Morgan fingerprint density at radius 1 is 1.25 bits per heavy atom. The molecule has 0 aliphatic heterocycles. The molecule has 4 heteroatoms. The molecule has 1 amide bonds. The highest BCUT2D eigenvalue weighted by Gasteiger charge is 2.29. The van der Waals surface area contributed by atoms with E-state index in [1.807, 2.05) is 11.9 Å². The molecule has 2 atom stereocenters. The van der Waals surface area contributed by atoms with Crippen LogP contribution in [-0.4, -0.2) is 23.9 Å². The smallest absolute Gasteiger partial charge is 0.225 e. The average Bonchev–Trinajstić information content (AvgIpc) is 2.85. The summed E-state index contributed by atoms with van der Waals surface area (Å²) in [6.45, 7) is 2.84. The Labute approximate surface area is 127 Å². The van der Waals surface area contributed by atoms with Crippen LogP contribution in [0.3, 0.4) is 0 Å². The SMILES string of the molecule is CCc1ccc(CN(C)C(=O)C2CCC(N)C2)cc1.Cl. The summed E-state index contributed by atoms with van der Waals surface area (Å²) in [5.41, 5.74) is 8.40. The molecular formula is C16H25ClN2O. The highest BCUT2D eigenvalue weighted by Crippen LogP contribution is 2.26. The number of nitrogens with two attached hydrogens (primary N) is 1. The van der Waals surface area contributed by atoms with Crippen LogP contribution in [0.25, 0.3) is 0 Å². The number of hydrogen-bond acceptors (Lipinski definition) is 2. The van der Waals surface area contributed by atoms with Gasteiger partial charge in [0.05, 0.1) is 0 Å². The van der Waals surface area contributed by atoms with Crippen molar-refractivity contribution in [3.63, 3.8) is 0 Å². The summed E-state index contributed by atoms with van der Waals surface area (Å²) in [5, 5.41) is 0. The zero-order valence-corrected chi connectivity index (χ0v) is 13.2. The second-order valence-corrected chi connectivity index (χ2v) is 5.63. The minimum atomic E-state index is 0. The van der Waals surface area contributed by atoms with Crippen molar-refractivity contribution >= 4 is 18.3 Å². The molecule has 112 valence electrons. The molecule has 1 aliphatic carbocycles. The zero-order chi connectivity index (χ0) is 13.8. The molecule has 0 heterocycles. The van der Waals surface area contributed by atoms with Crippen molar-refractivity contribution in [3.8, 4) is 0 Å². The first-order chi connectivity index (χ1) is 9.10. The minimum Gasteiger partial charge on any atom is -0.341 e. The van der Waals surface area contributed by atoms with E-state index in [1.165, 1.54) is 11.1 Å². The largest absolute Gasteiger partial charge is 0.341 e. The molecule has 2 unspecified atom stereocenters. The van der Waals surface area contributed by atoms with Crippen LogP contribution in [0, 0.1) is 5.92 Å². The second-order valence-electron chi connectivity index (χ2n) is 5.63. The normalized spacial score (nSPS) is 21.4. The molecule has 1 fully saturated rings. The fourth-order valence-corrected chi connectivity index (χ4v) is 2.78.